The van der Waals surface area contributed by atoms with Crippen LogP contribution in [0.2, 0.25) is 0 Å². The smallest absolute Gasteiger partial charge is 0.164 e. The van der Waals surface area contributed by atoms with Crippen LogP contribution in [0.3, 0.4) is 0 Å². The molecule has 0 aliphatic heterocycles. The van der Waals surface area contributed by atoms with Gasteiger partial charge >= 0.3 is 0 Å². The van der Waals surface area contributed by atoms with Crippen molar-refractivity contribution in [1.29, 1.82) is 5.26 Å². The van der Waals surface area contributed by atoms with Crippen molar-refractivity contribution in [2.24, 2.45) is 0 Å². The van der Waals surface area contributed by atoms with Crippen LogP contribution in [0, 0.1) is 11.3 Å². The van der Waals surface area contributed by atoms with Crippen molar-refractivity contribution in [3.63, 3.8) is 0 Å². The fourth-order valence-electron chi connectivity index (χ4n) is 1.81. The minimum Gasteiger partial charge on any atom is -0.496 e. The SMILES string of the molecule is COc1cc(OC)c(C(C#N)NC(C)C)cc1OC. The standard InChI is InChI=1S/C14H20N2O3/c1-9(2)16-11(8-15)10-6-13(18-4)14(19-5)7-12(10)17-3/h6-7,9,11,16H,1-5H3. The van der Waals surface area contributed by atoms with E-state index in [1.54, 1.807) is 33.5 Å². The second-order valence-electron chi connectivity index (χ2n) is 4.33. The van der Waals surface area contributed by atoms with Gasteiger partial charge in [0.15, 0.2) is 11.5 Å². The molecule has 0 fully saturated rings. The molecule has 104 valence electrons. The quantitative estimate of drug-likeness (QED) is 0.854. The van der Waals surface area contributed by atoms with E-state index in [9.17, 15) is 5.26 Å². The molecule has 0 heterocycles. The number of hydrogen-bond acceptors (Lipinski definition) is 5. The van der Waals surface area contributed by atoms with Gasteiger partial charge in [0, 0.05) is 17.7 Å². The number of hydrogen-bond donors (Lipinski definition) is 1. The van der Waals surface area contributed by atoms with E-state index < -0.39 is 6.04 Å². The third-order valence-electron chi connectivity index (χ3n) is 2.68. The summed E-state index contributed by atoms with van der Waals surface area (Å²) in [6.07, 6.45) is 0. The first-order chi connectivity index (χ1) is 9.07. The lowest BCUT2D eigenvalue weighted by atomic mass is 10.0. The molecule has 5 heteroatoms. The summed E-state index contributed by atoms with van der Waals surface area (Å²) >= 11 is 0. The average Bonchev–Trinajstić information content (AvgIpc) is 2.42. The molecule has 5 nitrogen and oxygen atoms in total. The Labute approximate surface area is 114 Å². The monoisotopic (exact) mass is 264 g/mol. The molecule has 0 aliphatic rings. The molecule has 0 aliphatic carbocycles. The lowest BCUT2D eigenvalue weighted by Crippen LogP contribution is -2.27. The fourth-order valence-corrected chi connectivity index (χ4v) is 1.81. The highest BCUT2D eigenvalue weighted by Crippen LogP contribution is 2.37. The largest absolute Gasteiger partial charge is 0.496 e. The molecule has 0 bridgehead atoms. The van der Waals surface area contributed by atoms with Crippen molar-refractivity contribution in [1.82, 2.24) is 5.32 Å². The molecule has 0 spiro atoms. The maximum atomic E-state index is 9.30. The first-order valence-corrected chi connectivity index (χ1v) is 6.02. The molecule has 1 unspecified atom stereocenters. The molecule has 0 saturated carbocycles. The molecule has 1 aromatic rings. The minimum atomic E-state index is -0.463. The van der Waals surface area contributed by atoms with Gasteiger partial charge in [-0.05, 0) is 19.9 Å². The molecule has 1 aromatic carbocycles. The molecule has 0 radical (unpaired) electrons. The maximum absolute atomic E-state index is 9.30. The summed E-state index contributed by atoms with van der Waals surface area (Å²) in [5, 5.41) is 12.5. The van der Waals surface area contributed by atoms with Crippen LogP contribution in [0.1, 0.15) is 25.5 Å². The highest BCUT2D eigenvalue weighted by Gasteiger charge is 2.20. The molecule has 1 rings (SSSR count). The van der Waals surface area contributed by atoms with Crippen molar-refractivity contribution in [3.8, 4) is 23.3 Å². The normalized spacial score (nSPS) is 11.8. The van der Waals surface area contributed by atoms with Gasteiger partial charge in [0.25, 0.3) is 0 Å². The topological polar surface area (TPSA) is 63.5 Å². The Kier molecular flexibility index (Phi) is 5.46. The Morgan fingerprint density at radius 3 is 1.95 bits per heavy atom. The molecular formula is C14H20N2O3. The van der Waals surface area contributed by atoms with Gasteiger partial charge in [-0.1, -0.05) is 0 Å². The van der Waals surface area contributed by atoms with Crippen molar-refractivity contribution in [2.75, 3.05) is 21.3 Å². The second-order valence-corrected chi connectivity index (χ2v) is 4.33. The number of methoxy groups -OCH3 is 3. The summed E-state index contributed by atoms with van der Waals surface area (Å²) in [6.45, 7) is 3.97. The lowest BCUT2D eigenvalue weighted by Gasteiger charge is -2.19. The predicted octanol–water partition coefficient (Wildman–Crippen LogP) is 2.28. The van der Waals surface area contributed by atoms with E-state index >= 15 is 0 Å². The van der Waals surface area contributed by atoms with Crippen LogP contribution in [-0.4, -0.2) is 27.4 Å². The fraction of sp³-hybridized carbons (Fsp3) is 0.500. The first-order valence-electron chi connectivity index (χ1n) is 6.02. The molecule has 0 aromatic heterocycles. The third-order valence-corrected chi connectivity index (χ3v) is 2.68. The molecule has 1 N–H and O–H groups in total. The number of rotatable bonds is 6. The summed E-state index contributed by atoms with van der Waals surface area (Å²) in [5.41, 5.74) is 0.733. The van der Waals surface area contributed by atoms with Crippen LogP contribution in [0.5, 0.6) is 17.2 Å². The van der Waals surface area contributed by atoms with E-state index in [0.717, 1.165) is 5.56 Å². The van der Waals surface area contributed by atoms with E-state index in [-0.39, 0.29) is 6.04 Å². The highest BCUT2D eigenvalue weighted by molar-refractivity contribution is 5.52. The van der Waals surface area contributed by atoms with Crippen LogP contribution in [-0.2, 0) is 0 Å². The number of nitrogens with one attached hydrogen (secondary N) is 1. The van der Waals surface area contributed by atoms with Gasteiger partial charge in [-0.3, -0.25) is 5.32 Å². The van der Waals surface area contributed by atoms with E-state index in [1.807, 2.05) is 13.8 Å². The average molecular weight is 264 g/mol. The predicted molar refractivity (Wildman–Crippen MR) is 72.7 cm³/mol. The van der Waals surface area contributed by atoms with Crippen molar-refractivity contribution >= 4 is 0 Å². The van der Waals surface area contributed by atoms with Crippen molar-refractivity contribution in [3.05, 3.63) is 17.7 Å². The Hall–Kier alpha value is -1.93. The number of benzene rings is 1. The highest BCUT2D eigenvalue weighted by atomic mass is 16.5. The molecule has 0 amide bonds. The van der Waals surface area contributed by atoms with Gasteiger partial charge < -0.3 is 14.2 Å². The third kappa shape index (κ3) is 3.52. The summed E-state index contributed by atoms with van der Waals surface area (Å²) in [5.74, 6) is 1.74. The van der Waals surface area contributed by atoms with Gasteiger partial charge in [0.2, 0.25) is 0 Å². The van der Waals surface area contributed by atoms with E-state index in [0.29, 0.717) is 17.2 Å². The van der Waals surface area contributed by atoms with Crippen LogP contribution < -0.4 is 19.5 Å². The molecule has 0 saturated heterocycles. The van der Waals surface area contributed by atoms with Gasteiger partial charge in [0.05, 0.1) is 27.4 Å². The summed E-state index contributed by atoms with van der Waals surface area (Å²) < 4.78 is 15.8. The second kappa shape index (κ2) is 6.86. The Bertz CT molecular complexity index is 466. The van der Waals surface area contributed by atoms with Gasteiger partial charge in [-0.2, -0.15) is 5.26 Å². The summed E-state index contributed by atoms with van der Waals surface area (Å²) in [4.78, 5) is 0. The Balaban J connectivity index is 3.28. The number of ether oxygens (including phenoxy) is 3. The Morgan fingerprint density at radius 2 is 1.53 bits per heavy atom. The van der Waals surface area contributed by atoms with Gasteiger partial charge in [-0.25, -0.2) is 0 Å². The van der Waals surface area contributed by atoms with E-state index in [4.69, 9.17) is 14.2 Å². The molecule has 1 atom stereocenters. The molecule has 19 heavy (non-hydrogen) atoms. The maximum Gasteiger partial charge on any atom is 0.164 e. The summed E-state index contributed by atoms with van der Waals surface area (Å²) in [7, 11) is 4.69. The Morgan fingerprint density at radius 1 is 1.00 bits per heavy atom. The van der Waals surface area contributed by atoms with Crippen LogP contribution >= 0.6 is 0 Å². The molecular weight excluding hydrogens is 244 g/mol. The van der Waals surface area contributed by atoms with Crippen molar-refractivity contribution < 1.29 is 14.2 Å². The van der Waals surface area contributed by atoms with Gasteiger partial charge in [0.1, 0.15) is 11.8 Å². The lowest BCUT2D eigenvalue weighted by molar-refractivity contribution is 0.346. The number of nitrogens with zero attached hydrogens (tertiary/aromatic N) is 1. The van der Waals surface area contributed by atoms with Crippen molar-refractivity contribution in [2.45, 2.75) is 25.9 Å². The van der Waals surface area contributed by atoms with Crippen LogP contribution in [0.25, 0.3) is 0 Å². The zero-order chi connectivity index (χ0) is 14.4. The van der Waals surface area contributed by atoms with Gasteiger partial charge in [-0.15, -0.1) is 0 Å². The van der Waals surface area contributed by atoms with Crippen LogP contribution in [0.4, 0.5) is 0 Å². The zero-order valence-corrected chi connectivity index (χ0v) is 12.0. The minimum absolute atomic E-state index is 0.183. The zero-order valence-electron chi connectivity index (χ0n) is 12.0. The van der Waals surface area contributed by atoms with E-state index in [2.05, 4.69) is 11.4 Å². The number of nitriles is 1. The summed E-state index contributed by atoms with van der Waals surface area (Å²) in [6, 6.07) is 5.43. The van der Waals surface area contributed by atoms with E-state index in [1.165, 1.54) is 0 Å². The first kappa shape index (κ1) is 15.1. The van der Waals surface area contributed by atoms with Crippen LogP contribution in [0.15, 0.2) is 12.1 Å².